The highest BCUT2D eigenvalue weighted by Crippen LogP contribution is 2.16. The van der Waals surface area contributed by atoms with Gasteiger partial charge in [-0.25, -0.2) is 0 Å². The van der Waals surface area contributed by atoms with Crippen LogP contribution >= 0.6 is 0 Å². The minimum absolute atomic E-state index is 0.00246. The fourth-order valence-electron chi connectivity index (χ4n) is 4.00. The van der Waals surface area contributed by atoms with Gasteiger partial charge in [0.25, 0.3) is 5.91 Å². The summed E-state index contributed by atoms with van der Waals surface area (Å²) < 4.78 is 5.51. The zero-order valence-electron chi connectivity index (χ0n) is 19.6. The van der Waals surface area contributed by atoms with E-state index < -0.39 is 6.04 Å². The van der Waals surface area contributed by atoms with Gasteiger partial charge >= 0.3 is 0 Å². The Bertz CT molecular complexity index is 903. The van der Waals surface area contributed by atoms with E-state index in [0.29, 0.717) is 25.3 Å². The maximum absolute atomic E-state index is 13.2. The van der Waals surface area contributed by atoms with Crippen LogP contribution in [-0.4, -0.2) is 60.4 Å². The molecule has 0 radical (unpaired) electrons. The van der Waals surface area contributed by atoms with Gasteiger partial charge in [0, 0.05) is 38.3 Å². The zero-order valence-corrected chi connectivity index (χ0v) is 19.6. The normalized spacial score (nSPS) is 15.5. The van der Waals surface area contributed by atoms with Crippen LogP contribution in [0.25, 0.3) is 0 Å². The van der Waals surface area contributed by atoms with Crippen LogP contribution in [0, 0.1) is 12.8 Å². The molecule has 2 amide bonds. The van der Waals surface area contributed by atoms with Gasteiger partial charge in [-0.05, 0) is 49.1 Å². The van der Waals surface area contributed by atoms with Gasteiger partial charge in [0.2, 0.25) is 5.91 Å². The summed E-state index contributed by atoms with van der Waals surface area (Å²) in [5.41, 5.74) is 2.76. The molecule has 6 heteroatoms. The summed E-state index contributed by atoms with van der Waals surface area (Å²) in [6.07, 6.45) is 0. The monoisotopic (exact) mass is 437 g/mol. The highest BCUT2D eigenvalue weighted by molar-refractivity contribution is 5.98. The van der Waals surface area contributed by atoms with Crippen molar-refractivity contribution in [3.8, 4) is 5.75 Å². The topological polar surface area (TPSA) is 61.9 Å². The van der Waals surface area contributed by atoms with Crippen molar-refractivity contribution in [3.63, 3.8) is 0 Å². The van der Waals surface area contributed by atoms with E-state index in [9.17, 15) is 9.59 Å². The van der Waals surface area contributed by atoms with E-state index in [0.717, 1.165) is 30.9 Å². The van der Waals surface area contributed by atoms with Crippen molar-refractivity contribution in [3.05, 3.63) is 65.2 Å². The lowest BCUT2D eigenvalue weighted by Crippen LogP contribution is -2.56. The molecule has 1 aliphatic heterocycles. The number of aryl methyl sites for hydroxylation is 1. The van der Waals surface area contributed by atoms with Crippen LogP contribution in [0.2, 0.25) is 0 Å². The Morgan fingerprint density at radius 2 is 1.66 bits per heavy atom. The third kappa shape index (κ3) is 6.10. The molecule has 2 aromatic rings. The third-order valence-electron chi connectivity index (χ3n) is 5.93. The predicted molar refractivity (Wildman–Crippen MR) is 127 cm³/mol. The van der Waals surface area contributed by atoms with Crippen molar-refractivity contribution in [1.29, 1.82) is 0 Å². The van der Waals surface area contributed by atoms with Gasteiger partial charge in [0.05, 0.1) is 6.61 Å². The summed E-state index contributed by atoms with van der Waals surface area (Å²) in [5, 5.41) is 2.98. The van der Waals surface area contributed by atoms with E-state index in [1.54, 1.807) is 6.07 Å². The molecule has 6 nitrogen and oxygen atoms in total. The molecule has 0 saturated carbocycles. The van der Waals surface area contributed by atoms with E-state index in [2.05, 4.69) is 22.3 Å². The van der Waals surface area contributed by atoms with Crippen LogP contribution in [0.5, 0.6) is 5.75 Å². The number of hydrogen-bond donors (Lipinski definition) is 1. The first-order chi connectivity index (χ1) is 15.4. The first-order valence-corrected chi connectivity index (χ1v) is 11.5. The van der Waals surface area contributed by atoms with E-state index in [4.69, 9.17) is 4.74 Å². The highest BCUT2D eigenvalue weighted by atomic mass is 16.5. The van der Waals surface area contributed by atoms with Crippen molar-refractivity contribution in [1.82, 2.24) is 15.1 Å². The SMILES string of the molecule is CCOc1ccc(CN2CCN(C(=O)C(NC(=O)c3ccccc3C)C(C)C)CC2)cc1. The standard InChI is InChI=1S/C26H35N3O3/c1-5-32-22-12-10-21(11-13-22)18-28-14-16-29(17-15-28)26(31)24(19(2)3)27-25(30)23-9-7-6-8-20(23)4/h6-13,19,24H,5,14-18H2,1-4H3,(H,27,30). The smallest absolute Gasteiger partial charge is 0.252 e. The van der Waals surface area contributed by atoms with Gasteiger partial charge in [-0.15, -0.1) is 0 Å². The molecule has 32 heavy (non-hydrogen) atoms. The Labute approximate surface area is 191 Å². The van der Waals surface area contributed by atoms with Gasteiger partial charge in [-0.2, -0.15) is 0 Å². The Balaban J connectivity index is 1.55. The van der Waals surface area contributed by atoms with Crippen molar-refractivity contribution in [2.45, 2.75) is 40.3 Å². The Morgan fingerprint density at radius 1 is 1.00 bits per heavy atom. The summed E-state index contributed by atoms with van der Waals surface area (Å²) in [6, 6.07) is 15.1. The van der Waals surface area contributed by atoms with Gasteiger partial charge in [-0.1, -0.05) is 44.2 Å². The second-order valence-electron chi connectivity index (χ2n) is 8.69. The number of hydrogen-bond acceptors (Lipinski definition) is 4. The number of nitrogens with one attached hydrogen (secondary N) is 1. The minimum atomic E-state index is -0.528. The lowest BCUT2D eigenvalue weighted by Gasteiger charge is -2.37. The summed E-state index contributed by atoms with van der Waals surface area (Å²) in [4.78, 5) is 30.3. The molecule has 3 rings (SSSR count). The molecular weight excluding hydrogens is 402 g/mol. The molecule has 1 saturated heterocycles. The fourth-order valence-corrected chi connectivity index (χ4v) is 4.00. The number of carbonyl (C=O) groups excluding carboxylic acids is 2. The quantitative estimate of drug-likeness (QED) is 0.687. The van der Waals surface area contributed by atoms with Crippen molar-refractivity contribution in [2.24, 2.45) is 5.92 Å². The number of benzene rings is 2. The molecule has 1 heterocycles. The van der Waals surface area contributed by atoms with Gasteiger partial charge < -0.3 is 15.0 Å². The molecule has 1 aliphatic rings. The summed E-state index contributed by atoms with van der Waals surface area (Å²) >= 11 is 0. The van der Waals surface area contributed by atoms with Crippen LogP contribution < -0.4 is 10.1 Å². The fraction of sp³-hybridized carbons (Fsp3) is 0.462. The third-order valence-corrected chi connectivity index (χ3v) is 5.93. The summed E-state index contributed by atoms with van der Waals surface area (Å²) in [7, 11) is 0. The van der Waals surface area contributed by atoms with Gasteiger partial charge in [-0.3, -0.25) is 14.5 Å². The second-order valence-corrected chi connectivity index (χ2v) is 8.69. The maximum atomic E-state index is 13.2. The Morgan fingerprint density at radius 3 is 2.25 bits per heavy atom. The van der Waals surface area contributed by atoms with Gasteiger partial charge in [0.15, 0.2) is 0 Å². The molecule has 0 aliphatic carbocycles. The lowest BCUT2D eigenvalue weighted by atomic mass is 10.0. The van der Waals surface area contributed by atoms with Crippen molar-refractivity contribution in [2.75, 3.05) is 32.8 Å². The average Bonchev–Trinajstić information content (AvgIpc) is 2.79. The van der Waals surface area contributed by atoms with Crippen LogP contribution in [0.1, 0.15) is 42.3 Å². The number of piperazine rings is 1. The van der Waals surface area contributed by atoms with E-state index in [1.807, 2.05) is 62.9 Å². The molecular formula is C26H35N3O3. The summed E-state index contributed by atoms with van der Waals surface area (Å²) in [5.74, 6) is 0.712. The first kappa shape index (κ1) is 23.8. The number of rotatable bonds is 8. The number of ether oxygens (including phenoxy) is 1. The summed E-state index contributed by atoms with van der Waals surface area (Å²) in [6.45, 7) is 12.3. The molecule has 0 aromatic heterocycles. The Kier molecular flexibility index (Phi) is 8.28. The number of nitrogens with zero attached hydrogens (tertiary/aromatic N) is 2. The highest BCUT2D eigenvalue weighted by Gasteiger charge is 2.31. The van der Waals surface area contributed by atoms with Crippen LogP contribution in [-0.2, 0) is 11.3 Å². The Hall–Kier alpha value is -2.86. The first-order valence-electron chi connectivity index (χ1n) is 11.5. The van der Waals surface area contributed by atoms with Crippen molar-refractivity contribution >= 4 is 11.8 Å². The molecule has 1 fully saturated rings. The molecule has 2 aromatic carbocycles. The molecule has 1 unspecified atom stereocenters. The largest absolute Gasteiger partial charge is 0.494 e. The number of amides is 2. The molecule has 1 atom stereocenters. The molecule has 0 bridgehead atoms. The maximum Gasteiger partial charge on any atom is 0.252 e. The lowest BCUT2D eigenvalue weighted by molar-refractivity contribution is -0.136. The number of carbonyl (C=O) groups is 2. The zero-order chi connectivity index (χ0) is 23.1. The van der Waals surface area contributed by atoms with Crippen LogP contribution in [0.15, 0.2) is 48.5 Å². The van der Waals surface area contributed by atoms with Crippen molar-refractivity contribution < 1.29 is 14.3 Å². The van der Waals surface area contributed by atoms with Crippen LogP contribution in [0.4, 0.5) is 0 Å². The van der Waals surface area contributed by atoms with E-state index in [-0.39, 0.29) is 17.7 Å². The minimum Gasteiger partial charge on any atom is -0.494 e. The second kappa shape index (κ2) is 11.1. The molecule has 1 N–H and O–H groups in total. The van der Waals surface area contributed by atoms with Gasteiger partial charge in [0.1, 0.15) is 11.8 Å². The average molecular weight is 438 g/mol. The molecule has 0 spiro atoms. The van der Waals surface area contributed by atoms with Crippen LogP contribution in [0.3, 0.4) is 0 Å². The van der Waals surface area contributed by atoms with E-state index >= 15 is 0 Å². The van der Waals surface area contributed by atoms with E-state index in [1.165, 1.54) is 5.56 Å². The predicted octanol–water partition coefficient (Wildman–Crippen LogP) is 3.49. The molecule has 172 valence electrons.